The standard InChI is InChI=1S/C21H27ClN2O6/c1-11-19(26)24(14-7-6-12(22)8-13(14)18(25)23-11)9-15-17(30-21(4,5)28-15)16-10-27-20(2,3)29-16/h6-8,11,15-17H,9-10H2,1-5H3,(H,23,25)/t11?,15-,16+,17+/m0/s1. The van der Waals surface area contributed by atoms with E-state index in [4.69, 9.17) is 30.5 Å². The molecule has 2 amide bonds. The van der Waals surface area contributed by atoms with Gasteiger partial charge in [0.15, 0.2) is 11.6 Å². The van der Waals surface area contributed by atoms with Gasteiger partial charge in [0.25, 0.3) is 5.91 Å². The summed E-state index contributed by atoms with van der Waals surface area (Å²) < 4.78 is 24.0. The van der Waals surface area contributed by atoms with Crippen LogP contribution < -0.4 is 10.2 Å². The van der Waals surface area contributed by atoms with Crippen LogP contribution >= 0.6 is 11.6 Å². The van der Waals surface area contributed by atoms with Crippen molar-refractivity contribution in [3.05, 3.63) is 28.8 Å². The second kappa shape index (κ2) is 7.46. The van der Waals surface area contributed by atoms with E-state index in [-0.39, 0.29) is 24.5 Å². The minimum atomic E-state index is -0.844. The molecule has 3 aliphatic heterocycles. The molecule has 164 valence electrons. The van der Waals surface area contributed by atoms with Crippen LogP contribution in [-0.4, -0.2) is 60.9 Å². The summed E-state index contributed by atoms with van der Waals surface area (Å²) in [5, 5.41) is 3.14. The fourth-order valence-electron chi connectivity index (χ4n) is 4.18. The highest BCUT2D eigenvalue weighted by molar-refractivity contribution is 6.31. The average molecular weight is 439 g/mol. The number of nitrogens with one attached hydrogen (secondary N) is 1. The molecule has 4 atom stereocenters. The van der Waals surface area contributed by atoms with E-state index >= 15 is 0 Å². The van der Waals surface area contributed by atoms with Gasteiger partial charge in [0.05, 0.1) is 24.4 Å². The van der Waals surface area contributed by atoms with Crippen LogP contribution in [0.15, 0.2) is 18.2 Å². The van der Waals surface area contributed by atoms with Crippen LogP contribution in [0.4, 0.5) is 5.69 Å². The van der Waals surface area contributed by atoms with Gasteiger partial charge >= 0.3 is 0 Å². The third kappa shape index (κ3) is 4.07. The van der Waals surface area contributed by atoms with Crippen molar-refractivity contribution in [1.82, 2.24) is 5.32 Å². The molecule has 1 N–H and O–H groups in total. The number of carbonyl (C=O) groups excluding carboxylic acids is 2. The molecule has 0 aromatic heterocycles. The number of hydrogen-bond donors (Lipinski definition) is 1. The molecule has 0 bridgehead atoms. The van der Waals surface area contributed by atoms with Crippen molar-refractivity contribution in [1.29, 1.82) is 0 Å². The van der Waals surface area contributed by atoms with Crippen molar-refractivity contribution < 1.29 is 28.5 Å². The second-order valence-corrected chi connectivity index (χ2v) is 9.25. The van der Waals surface area contributed by atoms with E-state index in [1.54, 1.807) is 30.0 Å². The van der Waals surface area contributed by atoms with Gasteiger partial charge in [-0.15, -0.1) is 0 Å². The van der Waals surface area contributed by atoms with E-state index in [9.17, 15) is 9.59 Å². The Bertz CT molecular complexity index is 873. The van der Waals surface area contributed by atoms with Gasteiger partial charge < -0.3 is 29.2 Å². The maximum atomic E-state index is 13.1. The van der Waals surface area contributed by atoms with Crippen molar-refractivity contribution in [3.63, 3.8) is 0 Å². The number of hydrogen-bond acceptors (Lipinski definition) is 6. The Morgan fingerprint density at radius 3 is 2.53 bits per heavy atom. The molecule has 0 saturated carbocycles. The fourth-order valence-corrected chi connectivity index (χ4v) is 4.35. The molecule has 0 aliphatic carbocycles. The van der Waals surface area contributed by atoms with E-state index in [1.165, 1.54) is 0 Å². The van der Waals surface area contributed by atoms with E-state index in [0.717, 1.165) is 0 Å². The van der Waals surface area contributed by atoms with Crippen LogP contribution in [0.1, 0.15) is 45.0 Å². The molecule has 2 fully saturated rings. The first kappa shape index (κ1) is 21.5. The third-order valence-electron chi connectivity index (χ3n) is 5.46. The smallest absolute Gasteiger partial charge is 0.254 e. The zero-order valence-electron chi connectivity index (χ0n) is 17.7. The van der Waals surface area contributed by atoms with Gasteiger partial charge in [-0.3, -0.25) is 9.59 Å². The second-order valence-electron chi connectivity index (χ2n) is 8.81. The van der Waals surface area contributed by atoms with Gasteiger partial charge in [0.1, 0.15) is 24.4 Å². The summed E-state index contributed by atoms with van der Waals surface area (Å²) in [6.45, 7) is 9.57. The summed E-state index contributed by atoms with van der Waals surface area (Å²) in [6, 6.07) is 4.21. The molecular formula is C21H27ClN2O6. The predicted octanol–water partition coefficient (Wildman–Crippen LogP) is 2.48. The van der Waals surface area contributed by atoms with E-state index in [1.807, 2.05) is 27.7 Å². The third-order valence-corrected chi connectivity index (χ3v) is 5.69. The summed E-state index contributed by atoms with van der Waals surface area (Å²) in [4.78, 5) is 27.3. The first-order valence-corrected chi connectivity index (χ1v) is 10.4. The fraction of sp³-hybridized carbons (Fsp3) is 0.619. The van der Waals surface area contributed by atoms with Crippen LogP contribution in [0.3, 0.4) is 0 Å². The molecule has 4 rings (SSSR count). The molecule has 0 radical (unpaired) electrons. The molecule has 1 aromatic rings. The SMILES string of the molecule is CC1NC(=O)c2cc(Cl)ccc2N(C[C@@H]2OC(C)(C)O[C@H]2[C@H]2COC(C)(C)O2)C1=O. The average Bonchev–Trinajstić information content (AvgIpc) is 3.14. The molecule has 3 heterocycles. The molecule has 2 saturated heterocycles. The normalized spacial score (nSPS) is 32.7. The van der Waals surface area contributed by atoms with Gasteiger partial charge in [-0.1, -0.05) is 11.6 Å². The maximum Gasteiger partial charge on any atom is 0.254 e. The zero-order valence-corrected chi connectivity index (χ0v) is 18.5. The maximum absolute atomic E-state index is 13.1. The number of ether oxygens (including phenoxy) is 4. The number of carbonyl (C=O) groups is 2. The summed E-state index contributed by atoms with van der Waals surface area (Å²) in [7, 11) is 0. The van der Waals surface area contributed by atoms with Crippen LogP contribution in [0.2, 0.25) is 5.02 Å². The molecule has 8 nitrogen and oxygen atoms in total. The molecular weight excluding hydrogens is 412 g/mol. The lowest BCUT2D eigenvalue weighted by molar-refractivity contribution is -0.174. The molecule has 1 unspecified atom stereocenters. The Balaban J connectivity index is 1.66. The van der Waals surface area contributed by atoms with Crippen LogP contribution in [0, 0.1) is 0 Å². The minimum Gasteiger partial charge on any atom is -0.348 e. The summed E-state index contributed by atoms with van der Waals surface area (Å²) in [5.41, 5.74) is 0.832. The summed E-state index contributed by atoms with van der Waals surface area (Å²) in [6.07, 6.45) is -1.25. The van der Waals surface area contributed by atoms with Gasteiger partial charge in [-0.05, 0) is 52.8 Å². The van der Waals surface area contributed by atoms with Gasteiger partial charge in [0.2, 0.25) is 5.91 Å². The van der Waals surface area contributed by atoms with Crippen LogP contribution in [0.25, 0.3) is 0 Å². The number of benzene rings is 1. The van der Waals surface area contributed by atoms with Crippen molar-refractivity contribution in [2.45, 2.75) is 70.5 Å². The lowest BCUT2D eigenvalue weighted by Crippen LogP contribution is -2.50. The van der Waals surface area contributed by atoms with Crippen molar-refractivity contribution in [2.75, 3.05) is 18.1 Å². The monoisotopic (exact) mass is 438 g/mol. The lowest BCUT2D eigenvalue weighted by Gasteiger charge is -2.30. The Morgan fingerprint density at radius 1 is 1.13 bits per heavy atom. The van der Waals surface area contributed by atoms with Crippen LogP contribution in [0.5, 0.6) is 0 Å². The molecule has 9 heteroatoms. The topological polar surface area (TPSA) is 86.3 Å². The summed E-state index contributed by atoms with van der Waals surface area (Å²) in [5.74, 6) is -2.13. The lowest BCUT2D eigenvalue weighted by atomic mass is 10.1. The van der Waals surface area contributed by atoms with Gasteiger partial charge in [-0.2, -0.15) is 0 Å². The Kier molecular flexibility index (Phi) is 5.35. The van der Waals surface area contributed by atoms with Crippen molar-refractivity contribution in [3.8, 4) is 0 Å². The first-order valence-electron chi connectivity index (χ1n) is 10.0. The Labute approximate surface area is 180 Å². The number of rotatable bonds is 3. The number of amides is 2. The zero-order chi connectivity index (χ0) is 21.8. The number of nitrogens with zero attached hydrogens (tertiary/aromatic N) is 1. The first-order chi connectivity index (χ1) is 14.0. The number of anilines is 1. The minimum absolute atomic E-state index is 0.196. The number of halogens is 1. The Morgan fingerprint density at radius 2 is 1.87 bits per heavy atom. The molecule has 1 aromatic carbocycles. The van der Waals surface area contributed by atoms with E-state index in [0.29, 0.717) is 22.9 Å². The molecule has 0 spiro atoms. The summed E-state index contributed by atoms with van der Waals surface area (Å²) >= 11 is 6.10. The highest BCUT2D eigenvalue weighted by Gasteiger charge is 2.51. The highest BCUT2D eigenvalue weighted by atomic mass is 35.5. The molecule has 3 aliphatic rings. The van der Waals surface area contributed by atoms with Gasteiger partial charge in [0, 0.05) is 5.02 Å². The quantitative estimate of drug-likeness (QED) is 0.780. The Hall–Kier alpha value is -1.71. The van der Waals surface area contributed by atoms with E-state index < -0.39 is 29.8 Å². The predicted molar refractivity (Wildman–Crippen MR) is 109 cm³/mol. The van der Waals surface area contributed by atoms with Crippen LogP contribution in [-0.2, 0) is 23.7 Å². The number of fused-ring (bicyclic) bond motifs is 1. The van der Waals surface area contributed by atoms with Crippen molar-refractivity contribution in [2.24, 2.45) is 0 Å². The van der Waals surface area contributed by atoms with Gasteiger partial charge in [-0.25, -0.2) is 0 Å². The van der Waals surface area contributed by atoms with Crippen molar-refractivity contribution >= 4 is 29.1 Å². The van der Waals surface area contributed by atoms with E-state index in [2.05, 4.69) is 5.32 Å². The highest BCUT2D eigenvalue weighted by Crippen LogP contribution is 2.37. The largest absolute Gasteiger partial charge is 0.348 e. The molecule has 30 heavy (non-hydrogen) atoms.